The van der Waals surface area contributed by atoms with Crippen molar-refractivity contribution in [2.45, 2.75) is 26.2 Å². The molecule has 0 unspecified atom stereocenters. The van der Waals surface area contributed by atoms with Crippen molar-refractivity contribution in [3.05, 3.63) is 27.4 Å². The van der Waals surface area contributed by atoms with E-state index >= 15 is 0 Å². The monoisotopic (exact) mass is 252 g/mol. The van der Waals surface area contributed by atoms with Gasteiger partial charge in [0.15, 0.2) is 0 Å². The van der Waals surface area contributed by atoms with Gasteiger partial charge in [0, 0.05) is 4.88 Å². The zero-order valence-corrected chi connectivity index (χ0v) is 11.0. The maximum absolute atomic E-state index is 5.49. The number of hydrogen-bond acceptors (Lipinski definition) is 4. The Hall–Kier alpha value is -0.710. The van der Waals surface area contributed by atoms with Gasteiger partial charge in [0.25, 0.3) is 0 Å². The molecule has 0 radical (unpaired) electrons. The average Bonchev–Trinajstić information content (AvgIpc) is 2.87. The second kappa shape index (κ2) is 5.57. The molecule has 2 aromatic heterocycles. The fraction of sp³-hybridized carbons (Fsp3) is 0.417. The Bertz CT molecular complexity index is 432. The van der Waals surface area contributed by atoms with Crippen LogP contribution in [-0.2, 0) is 6.42 Å². The zero-order chi connectivity index (χ0) is 11.4. The van der Waals surface area contributed by atoms with E-state index in [0.29, 0.717) is 0 Å². The van der Waals surface area contributed by atoms with E-state index in [0.717, 1.165) is 25.8 Å². The highest BCUT2D eigenvalue weighted by Crippen LogP contribution is 2.31. The van der Waals surface area contributed by atoms with Crippen molar-refractivity contribution >= 4 is 22.7 Å². The lowest BCUT2D eigenvalue weighted by Gasteiger charge is -1.94. The van der Waals surface area contributed by atoms with Crippen LogP contribution in [0.2, 0.25) is 0 Å². The van der Waals surface area contributed by atoms with Crippen LogP contribution in [0.1, 0.15) is 22.7 Å². The predicted octanol–water partition coefficient (Wildman–Crippen LogP) is 3.46. The molecule has 0 saturated carbocycles. The molecule has 0 fully saturated rings. The summed E-state index contributed by atoms with van der Waals surface area (Å²) in [6.07, 6.45) is 3.30. The number of aromatic nitrogens is 1. The third-order valence-electron chi connectivity index (χ3n) is 2.44. The van der Waals surface area contributed by atoms with E-state index < -0.39 is 0 Å². The van der Waals surface area contributed by atoms with Gasteiger partial charge in [0.05, 0.1) is 15.6 Å². The van der Waals surface area contributed by atoms with E-state index in [1.807, 2.05) is 11.3 Å². The number of hydrogen-bond donors (Lipinski definition) is 1. The number of nitrogens with two attached hydrogens (primary N) is 1. The molecule has 16 heavy (non-hydrogen) atoms. The van der Waals surface area contributed by atoms with E-state index in [1.54, 1.807) is 11.3 Å². The van der Waals surface area contributed by atoms with E-state index in [2.05, 4.69) is 24.4 Å². The molecule has 0 atom stereocenters. The fourth-order valence-corrected chi connectivity index (χ4v) is 3.45. The van der Waals surface area contributed by atoms with Gasteiger partial charge < -0.3 is 5.73 Å². The summed E-state index contributed by atoms with van der Waals surface area (Å²) in [4.78, 5) is 7.31. The molecule has 2 heterocycles. The van der Waals surface area contributed by atoms with Crippen LogP contribution in [-0.4, -0.2) is 11.5 Å². The van der Waals surface area contributed by atoms with Gasteiger partial charge in [0.1, 0.15) is 0 Å². The second-order valence-corrected chi connectivity index (χ2v) is 5.97. The second-order valence-electron chi connectivity index (χ2n) is 3.74. The standard InChI is InChI=1S/C12H16N2S2/c1-9-12(10-5-4-8-15-10)14-11(16-9)6-2-3-7-13/h4-5,8H,2-3,6-7,13H2,1H3. The summed E-state index contributed by atoms with van der Waals surface area (Å²) in [6, 6.07) is 4.21. The molecular weight excluding hydrogens is 236 g/mol. The Kier molecular flexibility index (Phi) is 4.09. The lowest BCUT2D eigenvalue weighted by Crippen LogP contribution is -1.98. The summed E-state index contributed by atoms with van der Waals surface area (Å²) in [7, 11) is 0. The number of unbranched alkanes of at least 4 members (excludes halogenated alkanes) is 1. The van der Waals surface area contributed by atoms with Gasteiger partial charge in [-0.05, 0) is 44.2 Å². The normalized spacial score (nSPS) is 10.9. The van der Waals surface area contributed by atoms with Crippen molar-refractivity contribution in [2.75, 3.05) is 6.54 Å². The largest absolute Gasteiger partial charge is 0.330 e. The Labute approximate surface area is 104 Å². The zero-order valence-electron chi connectivity index (χ0n) is 9.40. The van der Waals surface area contributed by atoms with Gasteiger partial charge in [0.2, 0.25) is 0 Å². The first-order valence-corrected chi connectivity index (χ1v) is 7.21. The molecule has 86 valence electrons. The summed E-state index contributed by atoms with van der Waals surface area (Å²) >= 11 is 3.57. The summed E-state index contributed by atoms with van der Waals surface area (Å²) in [5, 5.41) is 3.34. The lowest BCUT2D eigenvalue weighted by molar-refractivity contribution is 0.742. The molecule has 2 nitrogen and oxygen atoms in total. The van der Waals surface area contributed by atoms with Crippen LogP contribution in [0.15, 0.2) is 17.5 Å². The molecule has 0 bridgehead atoms. The van der Waals surface area contributed by atoms with Gasteiger partial charge in [-0.1, -0.05) is 6.07 Å². The van der Waals surface area contributed by atoms with Crippen molar-refractivity contribution < 1.29 is 0 Å². The summed E-state index contributed by atoms with van der Waals surface area (Å²) in [6.45, 7) is 2.93. The Morgan fingerprint density at radius 1 is 1.38 bits per heavy atom. The van der Waals surface area contributed by atoms with Crippen LogP contribution in [0.4, 0.5) is 0 Å². The van der Waals surface area contributed by atoms with Gasteiger partial charge in [-0.3, -0.25) is 0 Å². The van der Waals surface area contributed by atoms with Gasteiger partial charge in [-0.25, -0.2) is 4.98 Å². The summed E-state index contributed by atoms with van der Waals surface area (Å²) in [5.74, 6) is 0. The van der Waals surface area contributed by atoms with Crippen molar-refractivity contribution in [2.24, 2.45) is 5.73 Å². The van der Waals surface area contributed by atoms with Gasteiger partial charge in [-0.2, -0.15) is 0 Å². The number of rotatable bonds is 5. The molecule has 0 aromatic carbocycles. The Morgan fingerprint density at radius 2 is 2.25 bits per heavy atom. The summed E-state index contributed by atoms with van der Waals surface area (Å²) < 4.78 is 0. The molecule has 2 N–H and O–H groups in total. The average molecular weight is 252 g/mol. The van der Waals surface area contributed by atoms with Crippen molar-refractivity contribution in [3.8, 4) is 10.6 Å². The first-order chi connectivity index (χ1) is 7.81. The first kappa shape index (κ1) is 11.8. The van der Waals surface area contributed by atoms with Crippen LogP contribution < -0.4 is 5.73 Å². The highest BCUT2D eigenvalue weighted by Gasteiger charge is 2.09. The number of aryl methyl sites for hydroxylation is 2. The van der Waals surface area contributed by atoms with Crippen LogP contribution in [0.25, 0.3) is 10.6 Å². The highest BCUT2D eigenvalue weighted by molar-refractivity contribution is 7.15. The number of thiophene rings is 1. The van der Waals surface area contributed by atoms with E-state index in [9.17, 15) is 0 Å². The van der Waals surface area contributed by atoms with Crippen LogP contribution in [0, 0.1) is 6.92 Å². The minimum absolute atomic E-state index is 0.780. The molecule has 0 aliphatic rings. The quantitative estimate of drug-likeness (QED) is 0.828. The minimum Gasteiger partial charge on any atom is -0.330 e. The molecular formula is C12H16N2S2. The molecule has 0 aliphatic carbocycles. The predicted molar refractivity (Wildman–Crippen MR) is 72.2 cm³/mol. The number of nitrogens with zero attached hydrogens (tertiary/aromatic N) is 1. The SMILES string of the molecule is Cc1sc(CCCCN)nc1-c1cccs1. The van der Waals surface area contributed by atoms with E-state index in [1.165, 1.54) is 20.5 Å². The van der Waals surface area contributed by atoms with Crippen LogP contribution in [0.5, 0.6) is 0 Å². The Balaban J connectivity index is 2.10. The molecule has 4 heteroatoms. The maximum atomic E-state index is 5.49. The minimum atomic E-state index is 0.780. The fourth-order valence-electron chi connectivity index (χ4n) is 1.62. The molecule has 0 amide bonds. The summed E-state index contributed by atoms with van der Waals surface area (Å²) in [5.41, 5.74) is 6.66. The van der Waals surface area contributed by atoms with Gasteiger partial charge >= 0.3 is 0 Å². The smallest absolute Gasteiger partial charge is 0.0943 e. The van der Waals surface area contributed by atoms with E-state index in [-0.39, 0.29) is 0 Å². The molecule has 2 aromatic rings. The third-order valence-corrected chi connectivity index (χ3v) is 4.35. The number of thiazole rings is 1. The van der Waals surface area contributed by atoms with Gasteiger partial charge in [-0.15, -0.1) is 22.7 Å². The Morgan fingerprint density at radius 3 is 2.94 bits per heavy atom. The van der Waals surface area contributed by atoms with Crippen molar-refractivity contribution in [3.63, 3.8) is 0 Å². The first-order valence-electron chi connectivity index (χ1n) is 5.51. The highest BCUT2D eigenvalue weighted by atomic mass is 32.1. The van der Waals surface area contributed by atoms with Crippen molar-refractivity contribution in [1.29, 1.82) is 0 Å². The van der Waals surface area contributed by atoms with E-state index in [4.69, 9.17) is 10.7 Å². The molecule has 0 spiro atoms. The molecule has 0 aliphatic heterocycles. The molecule has 2 rings (SSSR count). The lowest BCUT2D eigenvalue weighted by atomic mass is 10.2. The molecule has 0 saturated heterocycles. The van der Waals surface area contributed by atoms with Crippen LogP contribution >= 0.6 is 22.7 Å². The maximum Gasteiger partial charge on any atom is 0.0943 e. The van der Waals surface area contributed by atoms with Crippen molar-refractivity contribution in [1.82, 2.24) is 4.98 Å². The third kappa shape index (κ3) is 2.70. The topological polar surface area (TPSA) is 38.9 Å². The van der Waals surface area contributed by atoms with Crippen LogP contribution in [0.3, 0.4) is 0 Å².